The van der Waals surface area contributed by atoms with Crippen molar-refractivity contribution in [2.24, 2.45) is 0 Å². The van der Waals surface area contributed by atoms with Crippen LogP contribution in [-0.2, 0) is 16.1 Å². The van der Waals surface area contributed by atoms with E-state index in [1.165, 1.54) is 11.1 Å². The van der Waals surface area contributed by atoms with Gasteiger partial charge in [-0.3, -0.25) is 14.6 Å². The molecule has 4 heterocycles. The Morgan fingerprint density at radius 3 is 2.22 bits per heavy atom. The molecule has 7 rings (SSSR count). The Balaban J connectivity index is 1.24. The molecule has 9 nitrogen and oxygen atoms in total. The van der Waals surface area contributed by atoms with Gasteiger partial charge in [-0.1, -0.05) is 60.7 Å². The number of amides is 1. The molecule has 1 aromatic heterocycles. The normalized spacial score (nSPS) is 23.9. The van der Waals surface area contributed by atoms with Crippen LogP contribution >= 0.6 is 0 Å². The third kappa shape index (κ3) is 6.64. The lowest BCUT2D eigenvalue weighted by molar-refractivity contribution is -0.146. The van der Waals surface area contributed by atoms with Gasteiger partial charge in [-0.05, 0) is 50.7 Å². The molecular formula is C37H47N5O4. The second-order valence-corrected chi connectivity index (χ2v) is 13.6. The van der Waals surface area contributed by atoms with Crippen LogP contribution in [-0.4, -0.2) is 101 Å². The van der Waals surface area contributed by atoms with Gasteiger partial charge in [0.2, 0.25) is 11.8 Å². The van der Waals surface area contributed by atoms with Crippen LogP contribution in [0.2, 0.25) is 0 Å². The molecule has 2 aromatic carbocycles. The van der Waals surface area contributed by atoms with E-state index in [0.29, 0.717) is 37.4 Å². The van der Waals surface area contributed by atoms with Gasteiger partial charge in [-0.25, -0.2) is 0 Å². The van der Waals surface area contributed by atoms with Gasteiger partial charge >= 0.3 is 0 Å². The van der Waals surface area contributed by atoms with E-state index in [1.807, 2.05) is 13.8 Å². The summed E-state index contributed by atoms with van der Waals surface area (Å²) in [7, 11) is 1.69. The van der Waals surface area contributed by atoms with E-state index in [9.17, 15) is 4.79 Å². The number of methoxy groups -OCH3 is 1. The number of fused-ring (bicyclic) bond motifs is 1. The maximum Gasteiger partial charge on any atom is 0.251 e. The van der Waals surface area contributed by atoms with E-state index in [0.717, 1.165) is 63.3 Å². The standard InChI is InChI=1S/C37H47N5O4/c1-25(2)46-36-30(35(44-3)38-34(39-36)28-16-17-28)23-40-21-29-22-41(37(43)32-15-10-20-45-32)18-19-42(29)31(24-40)33(26-11-6-4-7-12-26)27-13-8-5-9-14-27/h4-9,11-14,25,28-29,31-33H,10,15-24H2,1-3H3/t29-,31+,32+/m1/s1. The van der Waals surface area contributed by atoms with Gasteiger partial charge < -0.3 is 19.1 Å². The molecule has 9 heteroatoms. The Bertz CT molecular complexity index is 1440. The van der Waals surface area contributed by atoms with E-state index in [-0.39, 0.29) is 36.1 Å². The zero-order valence-electron chi connectivity index (χ0n) is 27.4. The van der Waals surface area contributed by atoms with Crippen molar-refractivity contribution in [3.05, 3.63) is 83.2 Å². The van der Waals surface area contributed by atoms with E-state index in [1.54, 1.807) is 7.11 Å². The number of ether oxygens (including phenoxy) is 3. The number of rotatable bonds is 10. The minimum atomic E-state index is -0.300. The van der Waals surface area contributed by atoms with Gasteiger partial charge in [0, 0.05) is 69.8 Å². The monoisotopic (exact) mass is 625 g/mol. The number of hydrogen-bond acceptors (Lipinski definition) is 8. The molecule has 1 saturated carbocycles. The third-order valence-corrected chi connectivity index (χ3v) is 9.90. The summed E-state index contributed by atoms with van der Waals surface area (Å²) in [6, 6.07) is 22.1. The summed E-state index contributed by atoms with van der Waals surface area (Å²) in [5.74, 6) is 2.75. The third-order valence-electron chi connectivity index (χ3n) is 9.90. The second-order valence-electron chi connectivity index (χ2n) is 13.6. The highest BCUT2D eigenvalue weighted by Crippen LogP contribution is 2.42. The molecule has 3 atom stereocenters. The lowest BCUT2D eigenvalue weighted by atomic mass is 9.81. The topological polar surface area (TPSA) is 80.3 Å². The van der Waals surface area contributed by atoms with Gasteiger partial charge in [0.1, 0.15) is 11.9 Å². The Hall–Kier alpha value is -3.53. The molecule has 0 bridgehead atoms. The highest BCUT2D eigenvalue weighted by molar-refractivity contribution is 5.81. The number of piperazine rings is 2. The quantitative estimate of drug-likeness (QED) is 0.316. The summed E-state index contributed by atoms with van der Waals surface area (Å²) in [6.45, 7) is 9.26. The first kappa shape index (κ1) is 31.1. The van der Waals surface area contributed by atoms with E-state index in [4.69, 9.17) is 24.2 Å². The molecule has 3 aliphatic heterocycles. The fourth-order valence-corrected chi connectivity index (χ4v) is 7.60. The predicted octanol–water partition coefficient (Wildman–Crippen LogP) is 4.86. The van der Waals surface area contributed by atoms with Crippen LogP contribution in [0.1, 0.15) is 73.9 Å². The molecule has 1 aliphatic carbocycles. The van der Waals surface area contributed by atoms with Gasteiger partial charge in [0.05, 0.1) is 18.8 Å². The Morgan fingerprint density at radius 2 is 1.61 bits per heavy atom. The Morgan fingerprint density at radius 1 is 0.913 bits per heavy atom. The summed E-state index contributed by atoms with van der Waals surface area (Å²) in [4.78, 5) is 30.6. The van der Waals surface area contributed by atoms with Crippen molar-refractivity contribution < 1.29 is 19.0 Å². The van der Waals surface area contributed by atoms with Crippen molar-refractivity contribution in [3.63, 3.8) is 0 Å². The first-order valence-corrected chi connectivity index (χ1v) is 17.1. The van der Waals surface area contributed by atoms with E-state index < -0.39 is 0 Å². The molecule has 0 N–H and O–H groups in total. The van der Waals surface area contributed by atoms with Crippen molar-refractivity contribution in [1.29, 1.82) is 0 Å². The van der Waals surface area contributed by atoms with Gasteiger partial charge in [-0.2, -0.15) is 9.97 Å². The molecule has 0 radical (unpaired) electrons. The summed E-state index contributed by atoms with van der Waals surface area (Å²) in [5.41, 5.74) is 3.50. The summed E-state index contributed by atoms with van der Waals surface area (Å²) in [5, 5.41) is 0. The maximum atomic E-state index is 13.5. The fourth-order valence-electron chi connectivity index (χ4n) is 7.60. The first-order valence-electron chi connectivity index (χ1n) is 17.1. The fraction of sp³-hybridized carbons (Fsp3) is 0.541. The molecule has 0 spiro atoms. The summed E-state index contributed by atoms with van der Waals surface area (Å²) in [6.07, 6.45) is 3.66. The zero-order chi connectivity index (χ0) is 31.6. The lowest BCUT2D eigenvalue weighted by Crippen LogP contribution is -2.67. The molecule has 244 valence electrons. The highest BCUT2D eigenvalue weighted by atomic mass is 16.5. The number of carbonyl (C=O) groups is 1. The van der Waals surface area contributed by atoms with Crippen molar-refractivity contribution in [2.45, 2.75) is 82.2 Å². The molecule has 3 saturated heterocycles. The van der Waals surface area contributed by atoms with Gasteiger partial charge in [0.15, 0.2) is 0 Å². The summed E-state index contributed by atoms with van der Waals surface area (Å²) < 4.78 is 18.1. The molecule has 0 unspecified atom stereocenters. The van der Waals surface area contributed by atoms with Crippen LogP contribution in [0, 0.1) is 0 Å². The number of benzene rings is 2. The van der Waals surface area contributed by atoms with Crippen LogP contribution < -0.4 is 9.47 Å². The number of hydrogen-bond donors (Lipinski definition) is 0. The first-order chi connectivity index (χ1) is 22.5. The van der Waals surface area contributed by atoms with Gasteiger partial charge in [-0.15, -0.1) is 0 Å². The average Bonchev–Trinajstić information content (AvgIpc) is 3.79. The average molecular weight is 626 g/mol. The Labute approximate surface area is 272 Å². The van der Waals surface area contributed by atoms with Crippen molar-refractivity contribution in [3.8, 4) is 11.8 Å². The minimum absolute atomic E-state index is 0.0220. The highest BCUT2D eigenvalue weighted by Gasteiger charge is 2.44. The molecular weight excluding hydrogens is 578 g/mol. The van der Waals surface area contributed by atoms with Crippen LogP contribution in [0.15, 0.2) is 60.7 Å². The number of carbonyl (C=O) groups excluding carboxylic acids is 1. The second kappa shape index (κ2) is 13.7. The molecule has 1 amide bonds. The van der Waals surface area contributed by atoms with E-state index in [2.05, 4.69) is 75.4 Å². The lowest BCUT2D eigenvalue weighted by Gasteiger charge is -2.53. The summed E-state index contributed by atoms with van der Waals surface area (Å²) >= 11 is 0. The molecule has 4 aliphatic rings. The Kier molecular flexibility index (Phi) is 9.24. The molecule has 4 fully saturated rings. The molecule has 3 aromatic rings. The molecule has 46 heavy (non-hydrogen) atoms. The number of nitrogens with zero attached hydrogens (tertiary/aromatic N) is 5. The van der Waals surface area contributed by atoms with Crippen LogP contribution in [0.4, 0.5) is 0 Å². The van der Waals surface area contributed by atoms with Crippen LogP contribution in [0.5, 0.6) is 11.8 Å². The predicted molar refractivity (Wildman–Crippen MR) is 176 cm³/mol. The maximum absolute atomic E-state index is 13.5. The smallest absolute Gasteiger partial charge is 0.251 e. The zero-order valence-corrected chi connectivity index (χ0v) is 27.4. The van der Waals surface area contributed by atoms with Crippen molar-refractivity contribution in [1.82, 2.24) is 24.7 Å². The SMILES string of the molecule is COc1nc(C2CC2)nc(OC(C)C)c1CN1C[C@@H]2CN(C(=O)[C@@H]3CCCO3)CCN2[C@H](C(c2ccccc2)c2ccccc2)C1. The largest absolute Gasteiger partial charge is 0.481 e. The number of aromatic nitrogens is 2. The van der Waals surface area contributed by atoms with Crippen molar-refractivity contribution >= 4 is 5.91 Å². The van der Waals surface area contributed by atoms with Crippen LogP contribution in [0.3, 0.4) is 0 Å². The van der Waals surface area contributed by atoms with E-state index >= 15 is 0 Å². The van der Waals surface area contributed by atoms with Crippen molar-refractivity contribution in [2.75, 3.05) is 46.4 Å². The van der Waals surface area contributed by atoms with Gasteiger partial charge in [0.25, 0.3) is 5.91 Å². The van der Waals surface area contributed by atoms with Crippen LogP contribution in [0.25, 0.3) is 0 Å². The minimum Gasteiger partial charge on any atom is -0.481 e.